The van der Waals surface area contributed by atoms with Crippen LogP contribution >= 0.6 is 0 Å². The van der Waals surface area contributed by atoms with Crippen LogP contribution in [0, 0.1) is 11.3 Å². The number of anilines is 2. The molecule has 7 heteroatoms. The maximum absolute atomic E-state index is 5.77. The molecule has 3 aliphatic rings. The second kappa shape index (κ2) is 9.14. The number of hydrogen-bond acceptors (Lipinski definition) is 7. The molecule has 1 aromatic rings. The molecular weight excluding hydrogens is 366 g/mol. The predicted octanol–water partition coefficient (Wildman–Crippen LogP) is 2.64. The third kappa shape index (κ3) is 4.67. The fraction of sp³-hybridized carbons (Fsp3) is 0.818. The molecule has 0 amide bonds. The van der Waals surface area contributed by atoms with Crippen LogP contribution in [-0.4, -0.2) is 80.1 Å². The number of morpholine rings is 1. The fourth-order valence-corrected chi connectivity index (χ4v) is 5.60. The van der Waals surface area contributed by atoms with Crippen molar-refractivity contribution in [2.24, 2.45) is 11.3 Å². The van der Waals surface area contributed by atoms with E-state index in [-0.39, 0.29) is 5.41 Å². The SMILES string of the molecule is COC[C@]12CC[C@H](N3CCOCC3)C[C@@H]1CCN(c1nccc(NC(C)C)n1)C2. The van der Waals surface area contributed by atoms with Crippen LogP contribution in [0.3, 0.4) is 0 Å². The van der Waals surface area contributed by atoms with E-state index in [9.17, 15) is 0 Å². The molecular formula is C22H37N5O2. The van der Waals surface area contributed by atoms with Crippen LogP contribution < -0.4 is 10.2 Å². The maximum Gasteiger partial charge on any atom is 0.227 e. The molecule has 0 aromatic carbocycles. The van der Waals surface area contributed by atoms with Gasteiger partial charge in [0, 0.05) is 57.0 Å². The Morgan fingerprint density at radius 1 is 1.28 bits per heavy atom. The average Bonchev–Trinajstić information content (AvgIpc) is 2.73. The highest BCUT2D eigenvalue weighted by molar-refractivity contribution is 5.42. The van der Waals surface area contributed by atoms with E-state index in [1.165, 1.54) is 25.7 Å². The summed E-state index contributed by atoms with van der Waals surface area (Å²) in [6.07, 6.45) is 6.82. The monoisotopic (exact) mass is 403 g/mol. The van der Waals surface area contributed by atoms with E-state index in [1.807, 2.05) is 19.4 Å². The van der Waals surface area contributed by atoms with Crippen molar-refractivity contribution in [3.05, 3.63) is 12.3 Å². The van der Waals surface area contributed by atoms with Crippen LogP contribution in [0.4, 0.5) is 11.8 Å². The van der Waals surface area contributed by atoms with Crippen molar-refractivity contribution in [3.8, 4) is 0 Å². The minimum atomic E-state index is 0.209. The quantitative estimate of drug-likeness (QED) is 0.783. The van der Waals surface area contributed by atoms with Gasteiger partial charge >= 0.3 is 0 Å². The minimum Gasteiger partial charge on any atom is -0.384 e. The Bertz CT molecular complexity index is 666. The second-order valence-electron chi connectivity index (χ2n) is 9.32. The molecule has 1 saturated carbocycles. The molecule has 4 rings (SSSR count). The number of rotatable bonds is 6. The largest absolute Gasteiger partial charge is 0.384 e. The summed E-state index contributed by atoms with van der Waals surface area (Å²) in [5.41, 5.74) is 0.209. The van der Waals surface area contributed by atoms with Gasteiger partial charge in [-0.25, -0.2) is 4.98 Å². The third-order valence-electron chi connectivity index (χ3n) is 7.01. The third-order valence-corrected chi connectivity index (χ3v) is 7.01. The highest BCUT2D eigenvalue weighted by atomic mass is 16.5. The standard InChI is InChI=1S/C22H37N5O2/c1-17(2)24-20-5-8-23-21(25-20)27-9-6-18-14-19(26-10-12-29-13-11-26)4-7-22(18,15-27)16-28-3/h5,8,17-19H,4,6-7,9-16H2,1-3H3,(H,23,24,25)/t18-,19-,22+/m0/s1. The fourth-order valence-electron chi connectivity index (χ4n) is 5.60. The molecule has 3 fully saturated rings. The van der Waals surface area contributed by atoms with Crippen LogP contribution in [0.15, 0.2) is 12.3 Å². The van der Waals surface area contributed by atoms with E-state index in [4.69, 9.17) is 14.5 Å². The Balaban J connectivity index is 1.47. The number of ether oxygens (including phenoxy) is 2. The summed E-state index contributed by atoms with van der Waals surface area (Å²) < 4.78 is 11.3. The summed E-state index contributed by atoms with van der Waals surface area (Å²) in [6, 6.07) is 3.02. The van der Waals surface area contributed by atoms with Gasteiger partial charge in [-0.3, -0.25) is 4.90 Å². The van der Waals surface area contributed by atoms with Gasteiger partial charge in [-0.05, 0) is 51.5 Å². The lowest BCUT2D eigenvalue weighted by Crippen LogP contribution is -2.57. The number of fused-ring (bicyclic) bond motifs is 1. The summed E-state index contributed by atoms with van der Waals surface area (Å²) in [5.74, 6) is 2.46. The van der Waals surface area contributed by atoms with Crippen LogP contribution in [0.5, 0.6) is 0 Å². The van der Waals surface area contributed by atoms with Gasteiger partial charge in [-0.2, -0.15) is 4.98 Å². The smallest absolute Gasteiger partial charge is 0.227 e. The van der Waals surface area contributed by atoms with Gasteiger partial charge in [0.1, 0.15) is 5.82 Å². The lowest BCUT2D eigenvalue weighted by Gasteiger charge is -2.54. The van der Waals surface area contributed by atoms with Crippen molar-refractivity contribution in [2.45, 2.75) is 51.6 Å². The number of nitrogens with zero attached hydrogens (tertiary/aromatic N) is 4. The highest BCUT2D eigenvalue weighted by Crippen LogP contribution is 2.48. The van der Waals surface area contributed by atoms with Crippen molar-refractivity contribution in [2.75, 3.05) is 63.3 Å². The second-order valence-corrected chi connectivity index (χ2v) is 9.32. The first-order valence-electron chi connectivity index (χ1n) is 11.2. The Hall–Kier alpha value is -1.44. The lowest BCUT2D eigenvalue weighted by molar-refractivity contribution is -0.0541. The molecule has 1 aromatic heterocycles. The molecule has 0 spiro atoms. The first kappa shape index (κ1) is 20.8. The van der Waals surface area contributed by atoms with Crippen molar-refractivity contribution in [1.82, 2.24) is 14.9 Å². The molecule has 0 radical (unpaired) electrons. The molecule has 1 aliphatic carbocycles. The average molecular weight is 404 g/mol. The zero-order valence-electron chi connectivity index (χ0n) is 18.3. The summed E-state index contributed by atoms with van der Waals surface area (Å²) in [7, 11) is 1.85. The highest BCUT2D eigenvalue weighted by Gasteiger charge is 2.48. The molecule has 0 unspecified atom stereocenters. The van der Waals surface area contributed by atoms with E-state index >= 15 is 0 Å². The van der Waals surface area contributed by atoms with Crippen molar-refractivity contribution in [1.29, 1.82) is 0 Å². The summed E-state index contributed by atoms with van der Waals surface area (Å²) in [5, 5.41) is 3.40. The van der Waals surface area contributed by atoms with Gasteiger partial charge < -0.3 is 19.7 Å². The van der Waals surface area contributed by atoms with Crippen molar-refractivity contribution < 1.29 is 9.47 Å². The Morgan fingerprint density at radius 2 is 2.10 bits per heavy atom. The maximum atomic E-state index is 5.77. The van der Waals surface area contributed by atoms with Crippen LogP contribution in [0.2, 0.25) is 0 Å². The molecule has 7 nitrogen and oxygen atoms in total. The van der Waals surface area contributed by atoms with E-state index < -0.39 is 0 Å². The van der Waals surface area contributed by atoms with Crippen LogP contribution in [0.25, 0.3) is 0 Å². The Kier molecular flexibility index (Phi) is 6.56. The lowest BCUT2D eigenvalue weighted by atomic mass is 9.62. The Morgan fingerprint density at radius 3 is 2.86 bits per heavy atom. The molecule has 2 aliphatic heterocycles. The van der Waals surface area contributed by atoms with E-state index in [0.717, 1.165) is 57.8 Å². The molecule has 1 N–H and O–H groups in total. The van der Waals surface area contributed by atoms with Crippen molar-refractivity contribution >= 4 is 11.8 Å². The number of hydrogen-bond donors (Lipinski definition) is 1. The van der Waals surface area contributed by atoms with E-state index in [0.29, 0.717) is 18.0 Å². The van der Waals surface area contributed by atoms with Gasteiger partial charge in [0.05, 0.1) is 19.8 Å². The normalized spacial score (nSPS) is 31.0. The molecule has 29 heavy (non-hydrogen) atoms. The van der Waals surface area contributed by atoms with Gasteiger partial charge in [0.15, 0.2) is 0 Å². The van der Waals surface area contributed by atoms with Gasteiger partial charge in [-0.1, -0.05) is 0 Å². The van der Waals surface area contributed by atoms with Crippen LogP contribution in [-0.2, 0) is 9.47 Å². The molecule has 2 saturated heterocycles. The molecule has 0 bridgehead atoms. The molecule has 162 valence electrons. The number of aromatic nitrogens is 2. The topological polar surface area (TPSA) is 62.8 Å². The summed E-state index contributed by atoms with van der Waals surface area (Å²) >= 11 is 0. The van der Waals surface area contributed by atoms with E-state index in [2.05, 4.69) is 33.9 Å². The summed E-state index contributed by atoms with van der Waals surface area (Å²) in [4.78, 5) is 14.4. The van der Waals surface area contributed by atoms with Gasteiger partial charge in [-0.15, -0.1) is 0 Å². The minimum absolute atomic E-state index is 0.209. The molecule has 3 heterocycles. The summed E-state index contributed by atoms with van der Waals surface area (Å²) in [6.45, 7) is 11.1. The molecule has 3 atom stereocenters. The van der Waals surface area contributed by atoms with Gasteiger partial charge in [0.2, 0.25) is 5.95 Å². The predicted molar refractivity (Wildman–Crippen MR) is 115 cm³/mol. The number of piperidine rings is 1. The van der Waals surface area contributed by atoms with Crippen molar-refractivity contribution in [3.63, 3.8) is 0 Å². The van der Waals surface area contributed by atoms with E-state index in [1.54, 1.807) is 0 Å². The zero-order chi connectivity index (χ0) is 20.3. The van der Waals surface area contributed by atoms with Gasteiger partial charge in [0.25, 0.3) is 0 Å². The van der Waals surface area contributed by atoms with Crippen LogP contribution in [0.1, 0.15) is 39.5 Å². The Labute approximate surface area is 175 Å². The first-order valence-corrected chi connectivity index (χ1v) is 11.2. The number of nitrogens with one attached hydrogen (secondary N) is 1. The first-order chi connectivity index (χ1) is 14.1. The number of methoxy groups -OCH3 is 1. The zero-order valence-corrected chi connectivity index (χ0v) is 18.3.